The van der Waals surface area contributed by atoms with Crippen LogP contribution in [0.5, 0.6) is 0 Å². The average molecular weight is 473 g/mol. The monoisotopic (exact) mass is 472 g/mol. The molecule has 1 amide bonds. The number of benzene rings is 1. The van der Waals surface area contributed by atoms with E-state index in [9.17, 15) is 19.6 Å². The third-order valence-electron chi connectivity index (χ3n) is 5.24. The molecule has 3 heterocycles. The first kappa shape index (κ1) is 23.6. The highest BCUT2D eigenvalue weighted by atomic mass is 16.5. The maximum atomic E-state index is 13.0. The molecule has 9 heteroatoms. The van der Waals surface area contributed by atoms with Gasteiger partial charge in [0, 0.05) is 29.7 Å². The molecule has 178 valence electrons. The summed E-state index contributed by atoms with van der Waals surface area (Å²) in [5.41, 5.74) is 1.86. The van der Waals surface area contributed by atoms with E-state index in [1.165, 1.54) is 12.4 Å². The molecule has 0 bridgehead atoms. The van der Waals surface area contributed by atoms with E-state index in [4.69, 9.17) is 4.74 Å². The fourth-order valence-electron chi connectivity index (χ4n) is 3.73. The van der Waals surface area contributed by atoms with Crippen molar-refractivity contribution in [1.82, 2.24) is 14.9 Å². The molecule has 1 N–H and O–H groups in total. The van der Waals surface area contributed by atoms with Gasteiger partial charge in [-0.05, 0) is 56.7 Å². The number of carbonyl (C=O) groups is 2. The molecule has 4 rings (SSSR count). The summed E-state index contributed by atoms with van der Waals surface area (Å²) in [5.74, 6) is -1.07. The first-order chi connectivity index (χ1) is 16.8. The second kappa shape index (κ2) is 9.76. The minimum Gasteiger partial charge on any atom is -0.619 e. The summed E-state index contributed by atoms with van der Waals surface area (Å²) in [6.45, 7) is 5.51. The summed E-state index contributed by atoms with van der Waals surface area (Å²) < 4.78 is 7.24. The maximum Gasteiger partial charge on any atom is 0.344 e. The van der Waals surface area contributed by atoms with Gasteiger partial charge in [-0.1, -0.05) is 12.1 Å². The van der Waals surface area contributed by atoms with Crippen LogP contribution in [-0.4, -0.2) is 34.1 Å². The molecule has 3 aromatic heterocycles. The minimum atomic E-state index is -0.591. The quantitative estimate of drug-likeness (QED) is 0.262. The van der Waals surface area contributed by atoms with E-state index < -0.39 is 17.3 Å². The van der Waals surface area contributed by atoms with Crippen molar-refractivity contribution in [1.29, 1.82) is 0 Å². The number of carbonyl (C=O) groups excluding carboxylic acids is 2. The van der Waals surface area contributed by atoms with Crippen molar-refractivity contribution < 1.29 is 19.1 Å². The Balaban J connectivity index is 1.87. The average Bonchev–Trinajstić information content (AvgIpc) is 2.84. The van der Waals surface area contributed by atoms with Gasteiger partial charge in [0.05, 0.1) is 12.0 Å². The van der Waals surface area contributed by atoms with Crippen molar-refractivity contribution in [2.75, 3.05) is 6.61 Å². The van der Waals surface area contributed by atoms with E-state index >= 15 is 0 Å². The number of amides is 1. The number of esters is 1. The van der Waals surface area contributed by atoms with Gasteiger partial charge < -0.3 is 19.8 Å². The minimum absolute atomic E-state index is 0.00804. The van der Waals surface area contributed by atoms with Crippen LogP contribution in [0.4, 0.5) is 0 Å². The van der Waals surface area contributed by atoms with Crippen molar-refractivity contribution in [3.8, 4) is 16.8 Å². The largest absolute Gasteiger partial charge is 0.619 e. The molecule has 1 aromatic carbocycles. The van der Waals surface area contributed by atoms with Crippen LogP contribution in [0.2, 0.25) is 0 Å². The zero-order chi connectivity index (χ0) is 25.1. The van der Waals surface area contributed by atoms with Gasteiger partial charge in [0.1, 0.15) is 16.8 Å². The van der Waals surface area contributed by atoms with Crippen LogP contribution in [0.3, 0.4) is 0 Å². The molecular formula is C26H24N4O5. The first-order valence-electron chi connectivity index (χ1n) is 11.1. The molecule has 0 spiro atoms. The molecule has 0 aliphatic heterocycles. The highest BCUT2D eigenvalue weighted by Crippen LogP contribution is 2.24. The zero-order valence-electron chi connectivity index (χ0n) is 19.5. The molecule has 0 fully saturated rings. The molecule has 0 aliphatic carbocycles. The number of aromatic nitrogens is 3. The third kappa shape index (κ3) is 4.89. The molecule has 0 saturated carbocycles. The Hall–Kier alpha value is -4.53. The Morgan fingerprint density at radius 3 is 2.69 bits per heavy atom. The fourth-order valence-corrected chi connectivity index (χ4v) is 3.73. The number of nitrogens with one attached hydrogen (secondary N) is 1. The Kier molecular flexibility index (Phi) is 6.59. The fraction of sp³-hybridized carbons (Fsp3) is 0.192. The second-order valence-corrected chi connectivity index (χ2v) is 8.19. The Labute approximate surface area is 201 Å². The van der Waals surface area contributed by atoms with E-state index in [2.05, 4.69) is 10.3 Å². The zero-order valence-corrected chi connectivity index (χ0v) is 19.5. The van der Waals surface area contributed by atoms with Gasteiger partial charge in [0.15, 0.2) is 12.4 Å². The number of fused-ring (bicyclic) bond motifs is 1. The van der Waals surface area contributed by atoms with E-state index in [1.807, 2.05) is 13.8 Å². The van der Waals surface area contributed by atoms with Gasteiger partial charge >= 0.3 is 5.97 Å². The van der Waals surface area contributed by atoms with E-state index in [0.29, 0.717) is 32.6 Å². The molecule has 9 nitrogen and oxygen atoms in total. The molecule has 4 aromatic rings. The van der Waals surface area contributed by atoms with Gasteiger partial charge in [0.2, 0.25) is 5.43 Å². The van der Waals surface area contributed by atoms with Crippen molar-refractivity contribution >= 4 is 22.9 Å². The summed E-state index contributed by atoms with van der Waals surface area (Å²) >= 11 is 0. The first-order valence-corrected chi connectivity index (χ1v) is 11.1. The summed E-state index contributed by atoms with van der Waals surface area (Å²) in [6.07, 6.45) is 5.55. The van der Waals surface area contributed by atoms with Crippen LogP contribution in [0, 0.1) is 5.21 Å². The Morgan fingerprint density at radius 2 is 1.94 bits per heavy atom. The SMILES string of the molecule is CCOC(=O)c1cc(-c2cccc(-n3cc(C(=O)NC(C)C)c(=O)c4cccnc43)c2)c[n+]([O-])c1. The number of nitrogens with zero attached hydrogens (tertiary/aromatic N) is 3. The summed E-state index contributed by atoms with van der Waals surface area (Å²) in [7, 11) is 0. The van der Waals surface area contributed by atoms with Gasteiger partial charge in [-0.25, -0.2) is 9.78 Å². The standard InChI is InChI=1S/C26H24N4O5/c1-4-35-26(33)19-11-18(13-29(34)14-19)17-7-5-8-20(12-17)30-15-22(25(32)28-16(2)3)23(31)21-9-6-10-27-24(21)30/h5-16H,4H2,1-3H3,(H,28,32). The highest BCUT2D eigenvalue weighted by Gasteiger charge is 2.18. The normalized spacial score (nSPS) is 11.0. The van der Waals surface area contributed by atoms with E-state index in [0.717, 1.165) is 6.20 Å². The lowest BCUT2D eigenvalue weighted by Crippen LogP contribution is -2.34. The lowest BCUT2D eigenvalue weighted by molar-refractivity contribution is -0.605. The molecule has 0 aliphatic rings. The molecule has 0 saturated heterocycles. The molecular weight excluding hydrogens is 448 g/mol. The molecule has 0 unspecified atom stereocenters. The molecule has 35 heavy (non-hydrogen) atoms. The highest BCUT2D eigenvalue weighted by molar-refractivity contribution is 5.97. The predicted molar refractivity (Wildman–Crippen MR) is 130 cm³/mol. The number of ether oxygens (including phenoxy) is 1. The van der Waals surface area contributed by atoms with Gasteiger partial charge in [-0.2, -0.15) is 4.73 Å². The summed E-state index contributed by atoms with van der Waals surface area (Å²) in [5, 5.41) is 15.2. The smallest absolute Gasteiger partial charge is 0.344 e. The van der Waals surface area contributed by atoms with Crippen molar-refractivity contribution in [3.63, 3.8) is 0 Å². The van der Waals surface area contributed by atoms with Gasteiger partial charge in [-0.3, -0.25) is 9.59 Å². The Morgan fingerprint density at radius 1 is 1.14 bits per heavy atom. The van der Waals surface area contributed by atoms with Crippen LogP contribution in [0.25, 0.3) is 27.8 Å². The number of hydrogen-bond donors (Lipinski definition) is 1. The Bertz CT molecular complexity index is 1490. The number of hydrogen-bond acceptors (Lipinski definition) is 6. The summed E-state index contributed by atoms with van der Waals surface area (Å²) in [4.78, 5) is 42.3. The maximum absolute atomic E-state index is 13.0. The topological polar surface area (TPSA) is 117 Å². The predicted octanol–water partition coefficient (Wildman–Crippen LogP) is 3.00. The lowest BCUT2D eigenvalue weighted by Gasteiger charge is -2.15. The van der Waals surface area contributed by atoms with Crippen molar-refractivity contribution in [2.45, 2.75) is 26.8 Å². The van der Waals surface area contributed by atoms with Gasteiger partial charge in [-0.15, -0.1) is 0 Å². The van der Waals surface area contributed by atoms with E-state index in [1.54, 1.807) is 60.2 Å². The van der Waals surface area contributed by atoms with E-state index in [-0.39, 0.29) is 23.8 Å². The lowest BCUT2D eigenvalue weighted by atomic mass is 10.0. The number of rotatable bonds is 6. The van der Waals surface area contributed by atoms with Crippen LogP contribution in [-0.2, 0) is 4.74 Å². The third-order valence-corrected chi connectivity index (χ3v) is 5.24. The molecule has 0 atom stereocenters. The van der Waals surface area contributed by atoms with Crippen LogP contribution >= 0.6 is 0 Å². The van der Waals surface area contributed by atoms with Crippen molar-refractivity contribution in [2.24, 2.45) is 0 Å². The summed E-state index contributed by atoms with van der Waals surface area (Å²) in [6, 6.07) is 11.8. The number of pyridine rings is 3. The van der Waals surface area contributed by atoms with Crippen LogP contribution < -0.4 is 15.5 Å². The van der Waals surface area contributed by atoms with Crippen molar-refractivity contribution in [3.05, 3.63) is 93.8 Å². The van der Waals surface area contributed by atoms with Gasteiger partial charge in [0.25, 0.3) is 5.91 Å². The molecule has 0 radical (unpaired) electrons. The van der Waals surface area contributed by atoms with Crippen LogP contribution in [0.1, 0.15) is 41.5 Å². The van der Waals surface area contributed by atoms with Crippen LogP contribution in [0.15, 0.2) is 72.0 Å². The second-order valence-electron chi connectivity index (χ2n) is 8.19.